The van der Waals surface area contributed by atoms with Crippen LogP contribution in [0.4, 0.5) is 11.4 Å². The van der Waals surface area contributed by atoms with Crippen LogP contribution in [0.1, 0.15) is 10.5 Å². The molecule has 0 aromatic carbocycles. The van der Waals surface area contributed by atoms with Crippen molar-refractivity contribution in [1.82, 2.24) is 14.8 Å². The molecule has 1 N–H and O–H groups in total. The van der Waals surface area contributed by atoms with Crippen LogP contribution in [0.3, 0.4) is 0 Å². The van der Waals surface area contributed by atoms with Crippen LogP contribution >= 0.6 is 15.9 Å². The number of nitro groups is 2. The second-order valence-electron chi connectivity index (χ2n) is 3.62. The summed E-state index contributed by atoms with van der Waals surface area (Å²) in [5.74, 6) is -1.96. The molecular weight excluding hydrogens is 354 g/mol. The third kappa shape index (κ3) is 2.69. The van der Waals surface area contributed by atoms with Crippen molar-refractivity contribution in [3.8, 4) is 5.82 Å². The molecular formula is C9H4BrN5O6. The number of nitrogens with zero attached hydrogens (tertiary/aromatic N) is 5. The molecule has 12 heteroatoms. The third-order valence-corrected chi connectivity index (χ3v) is 2.76. The Balaban J connectivity index is 2.68. The number of hydrogen-bond acceptors (Lipinski definition) is 7. The molecule has 0 amide bonds. The van der Waals surface area contributed by atoms with Crippen molar-refractivity contribution in [2.45, 2.75) is 0 Å². The molecule has 0 aliphatic heterocycles. The number of aromatic nitrogens is 3. The standard InChI is InChI=1S/C9H4BrN5O6/c10-4-1-5(14(18)19)8(11-2-4)13-3-6(15(20)21)7(12-13)9(16)17/h1-3H,(H,16,17). The van der Waals surface area contributed by atoms with Gasteiger partial charge in [0.05, 0.1) is 9.85 Å². The highest BCUT2D eigenvalue weighted by molar-refractivity contribution is 9.10. The molecule has 0 atom stereocenters. The molecule has 2 heterocycles. The topological polar surface area (TPSA) is 154 Å². The number of hydrogen-bond donors (Lipinski definition) is 1. The van der Waals surface area contributed by atoms with E-state index in [0.717, 1.165) is 12.3 Å². The summed E-state index contributed by atoms with van der Waals surface area (Å²) >= 11 is 3.00. The zero-order valence-corrected chi connectivity index (χ0v) is 11.4. The highest BCUT2D eigenvalue weighted by Crippen LogP contribution is 2.26. The lowest BCUT2D eigenvalue weighted by Gasteiger charge is -2.01. The number of carboxylic acid groups (broad SMARTS) is 1. The lowest BCUT2D eigenvalue weighted by molar-refractivity contribution is -0.385. The van der Waals surface area contributed by atoms with Gasteiger partial charge in [-0.3, -0.25) is 20.2 Å². The molecule has 2 aromatic rings. The number of pyridine rings is 1. The van der Waals surface area contributed by atoms with Crippen LogP contribution in [0, 0.1) is 20.2 Å². The minimum atomic E-state index is -1.62. The van der Waals surface area contributed by atoms with Gasteiger partial charge in [-0.05, 0) is 15.9 Å². The predicted octanol–water partition coefficient (Wildman–Crippen LogP) is 1.54. The normalized spacial score (nSPS) is 10.3. The minimum absolute atomic E-state index is 0.318. The van der Waals surface area contributed by atoms with Gasteiger partial charge in [-0.2, -0.15) is 5.10 Å². The highest BCUT2D eigenvalue weighted by atomic mass is 79.9. The van der Waals surface area contributed by atoms with Crippen molar-refractivity contribution in [2.24, 2.45) is 0 Å². The number of carbonyl (C=O) groups is 1. The highest BCUT2D eigenvalue weighted by Gasteiger charge is 2.28. The zero-order valence-electron chi connectivity index (χ0n) is 9.83. The van der Waals surface area contributed by atoms with Crippen LogP contribution in [0.15, 0.2) is 22.9 Å². The molecule has 0 aliphatic rings. The summed E-state index contributed by atoms with van der Waals surface area (Å²) in [4.78, 5) is 34.7. The average molecular weight is 358 g/mol. The van der Waals surface area contributed by atoms with E-state index < -0.39 is 32.9 Å². The van der Waals surface area contributed by atoms with Gasteiger partial charge in [0.15, 0.2) is 0 Å². The van der Waals surface area contributed by atoms with Crippen molar-refractivity contribution in [3.63, 3.8) is 0 Å². The van der Waals surface area contributed by atoms with Gasteiger partial charge in [0, 0.05) is 16.7 Å². The second kappa shape index (κ2) is 5.24. The average Bonchev–Trinajstić information content (AvgIpc) is 2.83. The van der Waals surface area contributed by atoms with Gasteiger partial charge in [-0.15, -0.1) is 0 Å². The van der Waals surface area contributed by atoms with Crippen molar-refractivity contribution in [1.29, 1.82) is 0 Å². The smallest absolute Gasteiger partial charge is 0.363 e. The molecule has 0 spiro atoms. The molecule has 2 rings (SSSR count). The Labute approximate surface area is 123 Å². The van der Waals surface area contributed by atoms with Gasteiger partial charge in [0.1, 0.15) is 6.20 Å². The summed E-state index contributed by atoms with van der Waals surface area (Å²) in [6, 6.07) is 1.12. The van der Waals surface area contributed by atoms with Crippen molar-refractivity contribution >= 4 is 33.3 Å². The summed E-state index contributed by atoms with van der Waals surface area (Å²) in [6.07, 6.45) is 1.98. The number of halogens is 1. The first-order chi connectivity index (χ1) is 9.81. The lowest BCUT2D eigenvalue weighted by atomic mass is 10.4. The minimum Gasteiger partial charge on any atom is -0.476 e. The van der Waals surface area contributed by atoms with Crippen molar-refractivity contribution < 1.29 is 19.7 Å². The molecule has 0 bridgehead atoms. The number of rotatable bonds is 4. The molecule has 108 valence electrons. The van der Waals surface area contributed by atoms with E-state index in [0.29, 0.717) is 9.15 Å². The third-order valence-electron chi connectivity index (χ3n) is 2.32. The SMILES string of the molecule is O=C(O)c1nn(-c2ncc(Br)cc2[N+](=O)[O-])cc1[N+](=O)[O-]. The maximum atomic E-state index is 11.0. The number of aromatic carboxylic acids is 1. The van der Waals surface area contributed by atoms with Crippen LogP contribution in [-0.4, -0.2) is 35.7 Å². The first-order valence-corrected chi connectivity index (χ1v) is 5.88. The van der Waals surface area contributed by atoms with Crippen LogP contribution in [0.25, 0.3) is 5.82 Å². The maximum Gasteiger partial charge on any atom is 0.363 e. The Kier molecular flexibility index (Phi) is 3.62. The van der Waals surface area contributed by atoms with E-state index in [2.05, 4.69) is 26.0 Å². The van der Waals surface area contributed by atoms with Crippen molar-refractivity contribution in [3.05, 3.63) is 48.9 Å². The largest absolute Gasteiger partial charge is 0.476 e. The summed E-state index contributed by atoms with van der Waals surface area (Å²) in [7, 11) is 0. The molecule has 0 fully saturated rings. The molecule has 0 aliphatic carbocycles. The fraction of sp³-hybridized carbons (Fsp3) is 0. The van der Waals surface area contributed by atoms with E-state index in [1.807, 2.05) is 0 Å². The van der Waals surface area contributed by atoms with Gasteiger partial charge in [-0.25, -0.2) is 14.5 Å². The lowest BCUT2D eigenvalue weighted by Crippen LogP contribution is -2.06. The second-order valence-corrected chi connectivity index (χ2v) is 4.54. The summed E-state index contributed by atoms with van der Waals surface area (Å²) in [5.41, 5.74) is -2.11. The van der Waals surface area contributed by atoms with E-state index in [1.54, 1.807) is 0 Å². The summed E-state index contributed by atoms with van der Waals surface area (Å²) < 4.78 is 1.00. The molecule has 0 saturated heterocycles. The molecule has 0 unspecified atom stereocenters. The summed E-state index contributed by atoms with van der Waals surface area (Å²) in [5, 5.41) is 34.1. The first kappa shape index (κ1) is 14.5. The number of carboxylic acids is 1. The Morgan fingerprint density at radius 3 is 2.38 bits per heavy atom. The molecule has 21 heavy (non-hydrogen) atoms. The van der Waals surface area contributed by atoms with E-state index in [1.165, 1.54) is 6.20 Å². The van der Waals surface area contributed by atoms with Crippen LogP contribution in [-0.2, 0) is 0 Å². The van der Waals surface area contributed by atoms with Gasteiger partial charge >= 0.3 is 17.3 Å². The van der Waals surface area contributed by atoms with Crippen LogP contribution in [0.2, 0.25) is 0 Å². The molecule has 2 aromatic heterocycles. The van der Waals surface area contributed by atoms with Gasteiger partial charge in [0.2, 0.25) is 11.5 Å². The van der Waals surface area contributed by atoms with Gasteiger partial charge in [-0.1, -0.05) is 0 Å². The van der Waals surface area contributed by atoms with Crippen molar-refractivity contribution in [2.75, 3.05) is 0 Å². The van der Waals surface area contributed by atoms with Gasteiger partial charge < -0.3 is 5.11 Å². The Morgan fingerprint density at radius 2 is 1.90 bits per heavy atom. The van der Waals surface area contributed by atoms with Crippen LogP contribution < -0.4 is 0 Å². The predicted molar refractivity (Wildman–Crippen MR) is 69.3 cm³/mol. The quantitative estimate of drug-likeness (QED) is 0.637. The Hall–Kier alpha value is -2.89. The van der Waals surface area contributed by atoms with E-state index in [-0.39, 0.29) is 5.82 Å². The van der Waals surface area contributed by atoms with E-state index in [4.69, 9.17) is 5.11 Å². The molecule has 11 nitrogen and oxygen atoms in total. The summed E-state index contributed by atoms with van der Waals surface area (Å²) in [6.45, 7) is 0. The first-order valence-electron chi connectivity index (χ1n) is 5.09. The van der Waals surface area contributed by atoms with Gasteiger partial charge in [0.25, 0.3) is 0 Å². The fourth-order valence-corrected chi connectivity index (χ4v) is 1.81. The van der Waals surface area contributed by atoms with Crippen LogP contribution in [0.5, 0.6) is 0 Å². The zero-order chi connectivity index (χ0) is 15.7. The molecule has 0 radical (unpaired) electrons. The maximum absolute atomic E-state index is 11.0. The Morgan fingerprint density at radius 1 is 1.29 bits per heavy atom. The Bertz CT molecular complexity index is 740. The van der Waals surface area contributed by atoms with E-state index >= 15 is 0 Å². The molecule has 0 saturated carbocycles. The monoisotopic (exact) mass is 357 g/mol. The van der Waals surface area contributed by atoms with E-state index in [9.17, 15) is 25.0 Å². The fourth-order valence-electron chi connectivity index (χ4n) is 1.49.